The zero-order valence-corrected chi connectivity index (χ0v) is 12.8. The van der Waals surface area contributed by atoms with Gasteiger partial charge in [0, 0.05) is 0 Å². The van der Waals surface area contributed by atoms with Crippen LogP contribution in [0.25, 0.3) is 0 Å². The van der Waals surface area contributed by atoms with E-state index in [0.717, 1.165) is 25.7 Å². The summed E-state index contributed by atoms with van der Waals surface area (Å²) >= 11 is 0. The van der Waals surface area contributed by atoms with Crippen molar-refractivity contribution in [3.05, 3.63) is 36.0 Å². The number of hydrogen-bond acceptors (Lipinski definition) is 1. The Morgan fingerprint density at radius 3 is 2.32 bits per heavy atom. The average Bonchev–Trinajstić information content (AvgIpc) is 2.27. The molecule has 0 radical (unpaired) electrons. The summed E-state index contributed by atoms with van der Waals surface area (Å²) in [5.74, 6) is -0.758. The van der Waals surface area contributed by atoms with Crippen LogP contribution in [-0.4, -0.2) is 11.1 Å². The van der Waals surface area contributed by atoms with E-state index in [0.29, 0.717) is 0 Å². The molecule has 0 aliphatic rings. The molecule has 0 aromatic carbocycles. The fourth-order valence-corrected chi connectivity index (χ4v) is 1.95. The number of carboxylic acids is 1. The monoisotopic (exact) mass is 264 g/mol. The van der Waals surface area contributed by atoms with Crippen molar-refractivity contribution in [2.75, 3.05) is 0 Å². The van der Waals surface area contributed by atoms with Gasteiger partial charge in [-0.2, -0.15) is 0 Å². The second-order valence-corrected chi connectivity index (χ2v) is 5.84. The molecule has 1 unspecified atom stereocenters. The maximum absolute atomic E-state index is 10.8. The highest BCUT2D eigenvalue weighted by molar-refractivity contribution is 5.68. The lowest BCUT2D eigenvalue weighted by molar-refractivity contribution is -0.138. The summed E-state index contributed by atoms with van der Waals surface area (Å²) < 4.78 is 0. The molecule has 0 spiro atoms. The smallest absolute Gasteiger partial charge is 0.304 e. The molecule has 0 amide bonds. The van der Waals surface area contributed by atoms with Crippen LogP contribution in [0.3, 0.4) is 0 Å². The topological polar surface area (TPSA) is 37.3 Å². The number of aliphatic carboxylic acids is 1. The molecular formula is C17H28O2. The highest BCUT2D eigenvalue weighted by atomic mass is 16.4. The summed E-state index contributed by atoms with van der Waals surface area (Å²) in [7, 11) is 0. The second kappa shape index (κ2) is 8.73. The van der Waals surface area contributed by atoms with Crippen LogP contribution in [0.15, 0.2) is 36.0 Å². The van der Waals surface area contributed by atoms with E-state index >= 15 is 0 Å². The highest BCUT2D eigenvalue weighted by Crippen LogP contribution is 2.29. The first-order valence-corrected chi connectivity index (χ1v) is 6.93. The molecule has 0 saturated carbocycles. The van der Waals surface area contributed by atoms with Crippen LogP contribution in [0, 0.1) is 5.41 Å². The fraction of sp³-hybridized carbons (Fsp3) is 0.588. The standard InChI is InChI=1S/C17H28O2/c1-6-17(5,13-16(18)19)12-8-11-15(4)10-7-9-14(2)3/h6,9,11H,1,7-8,10,12-13H2,2-5H3,(H,18,19). The van der Waals surface area contributed by atoms with Crippen molar-refractivity contribution in [3.63, 3.8) is 0 Å². The third-order valence-corrected chi connectivity index (χ3v) is 3.35. The number of carbonyl (C=O) groups is 1. The van der Waals surface area contributed by atoms with Gasteiger partial charge in [0.1, 0.15) is 0 Å². The molecule has 0 aromatic rings. The minimum Gasteiger partial charge on any atom is -0.481 e. The molecule has 0 saturated heterocycles. The summed E-state index contributed by atoms with van der Waals surface area (Å²) in [5, 5.41) is 8.89. The van der Waals surface area contributed by atoms with Crippen molar-refractivity contribution in [1.29, 1.82) is 0 Å². The molecule has 1 atom stereocenters. The van der Waals surface area contributed by atoms with Crippen LogP contribution >= 0.6 is 0 Å². The first-order valence-electron chi connectivity index (χ1n) is 6.93. The Morgan fingerprint density at radius 1 is 1.21 bits per heavy atom. The van der Waals surface area contributed by atoms with E-state index in [2.05, 4.69) is 39.5 Å². The lowest BCUT2D eigenvalue weighted by atomic mass is 9.82. The number of hydrogen-bond donors (Lipinski definition) is 1. The van der Waals surface area contributed by atoms with Crippen LogP contribution in [0.2, 0.25) is 0 Å². The molecule has 0 bridgehead atoms. The van der Waals surface area contributed by atoms with Crippen molar-refractivity contribution in [1.82, 2.24) is 0 Å². The van der Waals surface area contributed by atoms with Crippen molar-refractivity contribution >= 4 is 5.97 Å². The fourth-order valence-electron chi connectivity index (χ4n) is 1.95. The van der Waals surface area contributed by atoms with Gasteiger partial charge < -0.3 is 5.11 Å². The van der Waals surface area contributed by atoms with Crippen molar-refractivity contribution < 1.29 is 9.90 Å². The number of carboxylic acid groups (broad SMARTS) is 1. The molecule has 2 heteroatoms. The first-order chi connectivity index (χ1) is 8.79. The normalized spacial score (nSPS) is 14.6. The summed E-state index contributed by atoms with van der Waals surface area (Å²) in [6, 6.07) is 0. The molecule has 0 heterocycles. The van der Waals surface area contributed by atoms with Gasteiger partial charge in [-0.25, -0.2) is 0 Å². The van der Waals surface area contributed by atoms with Gasteiger partial charge in [-0.05, 0) is 51.9 Å². The van der Waals surface area contributed by atoms with Crippen LogP contribution < -0.4 is 0 Å². The minimum atomic E-state index is -0.758. The quantitative estimate of drug-likeness (QED) is 0.586. The summed E-state index contributed by atoms with van der Waals surface area (Å²) in [5.41, 5.74) is 2.43. The van der Waals surface area contributed by atoms with Gasteiger partial charge in [0.15, 0.2) is 0 Å². The average molecular weight is 264 g/mol. The van der Waals surface area contributed by atoms with Gasteiger partial charge >= 0.3 is 5.97 Å². The van der Waals surface area contributed by atoms with E-state index in [1.807, 2.05) is 6.92 Å². The molecule has 0 rings (SSSR count). The predicted molar refractivity (Wildman–Crippen MR) is 82.2 cm³/mol. The Morgan fingerprint density at radius 2 is 1.84 bits per heavy atom. The Labute approximate surface area is 117 Å². The Bertz CT molecular complexity index is 359. The van der Waals surface area contributed by atoms with Crippen LogP contribution in [0.5, 0.6) is 0 Å². The summed E-state index contributed by atoms with van der Waals surface area (Å²) in [6.45, 7) is 12.1. The molecule has 0 aliphatic carbocycles. The van der Waals surface area contributed by atoms with E-state index in [-0.39, 0.29) is 11.8 Å². The summed E-state index contributed by atoms with van der Waals surface area (Å²) in [6.07, 6.45) is 10.3. The van der Waals surface area contributed by atoms with E-state index < -0.39 is 5.97 Å². The van der Waals surface area contributed by atoms with Crippen LogP contribution in [0.4, 0.5) is 0 Å². The zero-order valence-electron chi connectivity index (χ0n) is 12.8. The number of allylic oxidation sites excluding steroid dienone is 5. The molecule has 108 valence electrons. The zero-order chi connectivity index (χ0) is 14.9. The van der Waals surface area contributed by atoms with Gasteiger partial charge in [-0.15, -0.1) is 6.58 Å². The lowest BCUT2D eigenvalue weighted by Crippen LogP contribution is -2.17. The van der Waals surface area contributed by atoms with E-state index in [4.69, 9.17) is 5.11 Å². The van der Waals surface area contributed by atoms with E-state index in [1.54, 1.807) is 6.08 Å². The second-order valence-electron chi connectivity index (χ2n) is 5.84. The van der Waals surface area contributed by atoms with E-state index in [9.17, 15) is 4.79 Å². The van der Waals surface area contributed by atoms with Crippen molar-refractivity contribution in [2.45, 2.75) is 59.8 Å². The molecule has 0 aromatic heterocycles. The van der Waals surface area contributed by atoms with Crippen LogP contribution in [-0.2, 0) is 4.79 Å². The molecule has 0 fully saturated rings. The third-order valence-electron chi connectivity index (χ3n) is 3.35. The molecule has 19 heavy (non-hydrogen) atoms. The SMILES string of the molecule is C=CC(C)(CCC=C(C)CCC=C(C)C)CC(=O)O. The minimum absolute atomic E-state index is 0.154. The molecule has 1 N–H and O–H groups in total. The lowest BCUT2D eigenvalue weighted by Gasteiger charge is -2.22. The third kappa shape index (κ3) is 9.29. The van der Waals surface area contributed by atoms with Gasteiger partial charge in [0.2, 0.25) is 0 Å². The predicted octanol–water partition coefficient (Wildman–Crippen LogP) is 5.13. The molecule has 2 nitrogen and oxygen atoms in total. The molecular weight excluding hydrogens is 236 g/mol. The largest absolute Gasteiger partial charge is 0.481 e. The van der Waals surface area contributed by atoms with Gasteiger partial charge in [0.25, 0.3) is 0 Å². The van der Waals surface area contributed by atoms with Gasteiger partial charge in [0.05, 0.1) is 6.42 Å². The highest BCUT2D eigenvalue weighted by Gasteiger charge is 2.22. The first kappa shape index (κ1) is 17.7. The Balaban J connectivity index is 4.20. The van der Waals surface area contributed by atoms with Gasteiger partial charge in [-0.1, -0.05) is 36.3 Å². The molecule has 0 aliphatic heterocycles. The number of rotatable bonds is 9. The van der Waals surface area contributed by atoms with Crippen molar-refractivity contribution in [2.24, 2.45) is 5.41 Å². The van der Waals surface area contributed by atoms with Gasteiger partial charge in [-0.3, -0.25) is 4.79 Å². The van der Waals surface area contributed by atoms with Crippen LogP contribution in [0.1, 0.15) is 59.8 Å². The maximum Gasteiger partial charge on any atom is 0.304 e. The maximum atomic E-state index is 10.8. The van der Waals surface area contributed by atoms with Crippen molar-refractivity contribution in [3.8, 4) is 0 Å². The Kier molecular flexibility index (Phi) is 8.13. The van der Waals surface area contributed by atoms with E-state index in [1.165, 1.54) is 11.1 Å². The summed E-state index contributed by atoms with van der Waals surface area (Å²) in [4.78, 5) is 10.8. The Hall–Kier alpha value is -1.31.